The van der Waals surface area contributed by atoms with E-state index in [0.717, 1.165) is 26.3 Å². The molecule has 3 rings (SSSR count). The minimum Gasteiger partial charge on any atom is -0.502 e. The zero-order valence-electron chi connectivity index (χ0n) is 12.2. The lowest BCUT2D eigenvalue weighted by molar-refractivity contribution is -0.134. The molecule has 0 radical (unpaired) electrons. The van der Waals surface area contributed by atoms with Gasteiger partial charge < -0.3 is 14.6 Å². The maximum atomic E-state index is 11.3. The van der Waals surface area contributed by atoms with Crippen LogP contribution in [0.3, 0.4) is 0 Å². The van der Waals surface area contributed by atoms with Gasteiger partial charge in [-0.05, 0) is 11.1 Å². The summed E-state index contributed by atoms with van der Waals surface area (Å²) in [5, 5.41) is 16.5. The number of aliphatic carboxylic acids is 1. The van der Waals surface area contributed by atoms with Crippen LogP contribution in [0, 0.1) is 0 Å². The Kier molecular flexibility index (Phi) is 4.95. The summed E-state index contributed by atoms with van der Waals surface area (Å²) in [4.78, 5) is 22.5. The standard InChI is InChI=1S/C14H13NO3.C2H4O2/c16-13-5-12(18-9-14(13)17)8-15-6-10-3-1-2-4-11(10)7-15;1-2(3)4/h1-5,9,17H,6-8H2;1H3,(H,3,4). The molecule has 0 unspecified atom stereocenters. The average Bonchev–Trinajstić information content (AvgIpc) is 2.84. The highest BCUT2D eigenvalue weighted by molar-refractivity contribution is 5.62. The van der Waals surface area contributed by atoms with Crippen LogP contribution in [0.1, 0.15) is 23.8 Å². The summed E-state index contributed by atoms with van der Waals surface area (Å²) in [6.45, 7) is 3.38. The van der Waals surface area contributed by atoms with Crippen molar-refractivity contribution < 1.29 is 19.4 Å². The van der Waals surface area contributed by atoms with Gasteiger partial charge in [-0.1, -0.05) is 24.3 Å². The number of carboxylic acids is 1. The molecule has 22 heavy (non-hydrogen) atoms. The topological polar surface area (TPSA) is 91.0 Å². The first-order chi connectivity index (χ1) is 10.5. The van der Waals surface area contributed by atoms with Crippen LogP contribution in [-0.2, 0) is 24.4 Å². The molecule has 6 nitrogen and oxygen atoms in total. The molecule has 1 aliphatic rings. The van der Waals surface area contributed by atoms with Gasteiger partial charge in [-0.15, -0.1) is 0 Å². The van der Waals surface area contributed by atoms with Gasteiger partial charge in [0.1, 0.15) is 12.0 Å². The smallest absolute Gasteiger partial charge is 0.300 e. The number of carbonyl (C=O) groups is 1. The molecule has 0 saturated carbocycles. The van der Waals surface area contributed by atoms with Crippen molar-refractivity contribution in [2.24, 2.45) is 0 Å². The van der Waals surface area contributed by atoms with Gasteiger partial charge >= 0.3 is 0 Å². The van der Waals surface area contributed by atoms with E-state index in [0.29, 0.717) is 12.3 Å². The van der Waals surface area contributed by atoms with Gasteiger partial charge in [0.05, 0.1) is 6.54 Å². The van der Waals surface area contributed by atoms with Gasteiger partial charge in [-0.25, -0.2) is 0 Å². The van der Waals surface area contributed by atoms with E-state index in [1.165, 1.54) is 17.2 Å². The minimum absolute atomic E-state index is 0.344. The molecule has 2 aromatic rings. The molecule has 6 heteroatoms. The van der Waals surface area contributed by atoms with Crippen molar-refractivity contribution in [1.82, 2.24) is 4.90 Å². The van der Waals surface area contributed by atoms with Crippen LogP contribution in [0.4, 0.5) is 0 Å². The summed E-state index contributed by atoms with van der Waals surface area (Å²) in [6, 6.07) is 9.63. The van der Waals surface area contributed by atoms with Crippen LogP contribution in [0.15, 0.2) is 45.8 Å². The molecule has 0 atom stereocenters. The number of rotatable bonds is 2. The van der Waals surface area contributed by atoms with E-state index in [1.54, 1.807) is 0 Å². The molecule has 1 aromatic heterocycles. The minimum atomic E-state index is -0.833. The van der Waals surface area contributed by atoms with Crippen molar-refractivity contribution in [3.63, 3.8) is 0 Å². The zero-order valence-corrected chi connectivity index (χ0v) is 12.2. The lowest BCUT2D eigenvalue weighted by Crippen LogP contribution is -2.16. The largest absolute Gasteiger partial charge is 0.502 e. The third-order valence-electron chi connectivity index (χ3n) is 3.15. The molecule has 2 heterocycles. The van der Waals surface area contributed by atoms with Crippen molar-refractivity contribution in [3.05, 3.63) is 63.7 Å². The van der Waals surface area contributed by atoms with Crippen molar-refractivity contribution in [1.29, 1.82) is 0 Å². The normalized spacial score (nSPS) is 13.1. The Balaban J connectivity index is 0.000000396. The molecular formula is C16H17NO5. The fraction of sp³-hybridized carbons (Fsp3) is 0.250. The summed E-state index contributed by atoms with van der Waals surface area (Å²) in [5.41, 5.74) is 2.24. The predicted octanol–water partition coefficient (Wildman–Crippen LogP) is 1.95. The molecule has 0 fully saturated rings. The predicted molar refractivity (Wildman–Crippen MR) is 79.3 cm³/mol. The van der Waals surface area contributed by atoms with Gasteiger partial charge in [0.15, 0.2) is 5.75 Å². The van der Waals surface area contributed by atoms with Crippen LogP contribution in [0.2, 0.25) is 0 Å². The summed E-state index contributed by atoms with van der Waals surface area (Å²) in [6.07, 6.45) is 1.10. The average molecular weight is 303 g/mol. The summed E-state index contributed by atoms with van der Waals surface area (Å²) < 4.78 is 5.21. The Hall–Kier alpha value is -2.60. The Bertz CT molecular complexity index is 693. The molecule has 0 bridgehead atoms. The van der Waals surface area contributed by atoms with Crippen LogP contribution in [0.5, 0.6) is 5.75 Å². The molecule has 0 amide bonds. The number of aromatic hydroxyl groups is 1. The van der Waals surface area contributed by atoms with Crippen molar-refractivity contribution >= 4 is 5.97 Å². The van der Waals surface area contributed by atoms with Gasteiger partial charge in [0.2, 0.25) is 5.43 Å². The van der Waals surface area contributed by atoms with Gasteiger partial charge in [0, 0.05) is 26.1 Å². The molecular weight excluding hydrogens is 286 g/mol. The second-order valence-electron chi connectivity index (χ2n) is 5.03. The number of nitrogens with zero attached hydrogens (tertiary/aromatic N) is 1. The first-order valence-electron chi connectivity index (χ1n) is 6.75. The maximum Gasteiger partial charge on any atom is 0.300 e. The molecule has 0 saturated heterocycles. The third kappa shape index (κ3) is 4.20. The van der Waals surface area contributed by atoms with E-state index in [-0.39, 0.29) is 5.75 Å². The van der Waals surface area contributed by atoms with E-state index in [9.17, 15) is 4.79 Å². The highest BCUT2D eigenvalue weighted by atomic mass is 16.4. The molecule has 0 aliphatic carbocycles. The second-order valence-corrected chi connectivity index (χ2v) is 5.03. The quantitative estimate of drug-likeness (QED) is 0.881. The number of carboxylic acid groups (broad SMARTS) is 1. The third-order valence-corrected chi connectivity index (χ3v) is 3.15. The van der Waals surface area contributed by atoms with Gasteiger partial charge in [0.25, 0.3) is 5.97 Å². The number of fused-ring (bicyclic) bond motifs is 1. The molecule has 116 valence electrons. The Morgan fingerprint density at radius 3 is 2.32 bits per heavy atom. The molecule has 2 N–H and O–H groups in total. The SMILES string of the molecule is CC(=O)O.O=c1cc(CN2Cc3ccccc3C2)occ1O. The molecule has 1 aromatic carbocycles. The van der Waals surface area contributed by atoms with Crippen molar-refractivity contribution in [3.8, 4) is 5.75 Å². The maximum absolute atomic E-state index is 11.3. The van der Waals surface area contributed by atoms with Crippen LogP contribution in [0.25, 0.3) is 0 Å². The monoisotopic (exact) mass is 303 g/mol. The highest BCUT2D eigenvalue weighted by Crippen LogP contribution is 2.23. The van der Waals surface area contributed by atoms with Crippen LogP contribution < -0.4 is 5.43 Å². The van der Waals surface area contributed by atoms with Gasteiger partial charge in [-0.2, -0.15) is 0 Å². The second kappa shape index (κ2) is 6.91. The highest BCUT2D eigenvalue weighted by Gasteiger charge is 2.19. The van der Waals surface area contributed by atoms with Crippen LogP contribution in [-0.4, -0.2) is 21.1 Å². The Morgan fingerprint density at radius 2 is 1.82 bits per heavy atom. The fourth-order valence-electron chi connectivity index (χ4n) is 2.26. The number of hydrogen-bond acceptors (Lipinski definition) is 5. The van der Waals surface area contributed by atoms with Gasteiger partial charge in [-0.3, -0.25) is 14.5 Å². The number of hydrogen-bond donors (Lipinski definition) is 2. The summed E-state index contributed by atoms with van der Waals surface area (Å²) in [5.74, 6) is -0.603. The summed E-state index contributed by atoms with van der Waals surface area (Å²) in [7, 11) is 0. The first-order valence-corrected chi connectivity index (χ1v) is 6.75. The van der Waals surface area contributed by atoms with E-state index >= 15 is 0 Å². The Morgan fingerprint density at radius 1 is 1.27 bits per heavy atom. The summed E-state index contributed by atoms with van der Waals surface area (Å²) >= 11 is 0. The van der Waals surface area contributed by atoms with E-state index in [2.05, 4.69) is 17.0 Å². The lowest BCUT2D eigenvalue weighted by Gasteiger charge is -2.13. The van der Waals surface area contributed by atoms with E-state index in [1.807, 2.05) is 12.1 Å². The molecule has 1 aliphatic heterocycles. The number of benzene rings is 1. The Labute approximate surface area is 127 Å². The zero-order chi connectivity index (χ0) is 16.1. The van der Waals surface area contributed by atoms with Crippen molar-refractivity contribution in [2.45, 2.75) is 26.6 Å². The van der Waals surface area contributed by atoms with E-state index in [4.69, 9.17) is 19.4 Å². The molecule has 0 spiro atoms. The lowest BCUT2D eigenvalue weighted by atomic mass is 10.1. The van der Waals surface area contributed by atoms with Crippen molar-refractivity contribution in [2.75, 3.05) is 0 Å². The van der Waals surface area contributed by atoms with E-state index < -0.39 is 11.4 Å². The van der Waals surface area contributed by atoms with Crippen LogP contribution >= 0.6 is 0 Å². The fourth-order valence-corrected chi connectivity index (χ4v) is 2.26. The first kappa shape index (κ1) is 15.8.